The summed E-state index contributed by atoms with van der Waals surface area (Å²) in [6.07, 6.45) is -0.213. The minimum absolute atomic E-state index is 0.147. The summed E-state index contributed by atoms with van der Waals surface area (Å²) in [5.41, 5.74) is 1.35. The van der Waals surface area contributed by atoms with E-state index in [1.165, 1.54) is 13.2 Å². The Bertz CT molecular complexity index is 451. The Kier molecular flexibility index (Phi) is 4.15. The number of carboxylic acid groups (broad SMARTS) is 1. The zero-order chi connectivity index (χ0) is 12.1. The van der Waals surface area contributed by atoms with Crippen LogP contribution in [0.2, 0.25) is 0 Å². The largest absolute Gasteiger partial charge is 0.497 e. The Balaban J connectivity index is 3.32. The summed E-state index contributed by atoms with van der Waals surface area (Å²) in [6.45, 7) is 0. The quantitative estimate of drug-likeness (QED) is 0.815. The molecule has 1 rings (SSSR count). The number of alkyl halides is 1. The second-order valence-corrected chi connectivity index (χ2v) is 3.40. The minimum atomic E-state index is -0.993. The second kappa shape index (κ2) is 5.38. The van der Waals surface area contributed by atoms with E-state index in [-0.39, 0.29) is 17.9 Å². The fourth-order valence-corrected chi connectivity index (χ4v) is 1.64. The van der Waals surface area contributed by atoms with Crippen LogP contribution in [0.4, 0.5) is 0 Å². The summed E-state index contributed by atoms with van der Waals surface area (Å²) in [6, 6.07) is 5.10. The molecule has 0 aliphatic carbocycles. The van der Waals surface area contributed by atoms with Crippen LogP contribution < -0.4 is 4.74 Å². The number of hydrogen-bond acceptors (Lipinski definition) is 3. The Morgan fingerprint density at radius 1 is 1.62 bits per heavy atom. The van der Waals surface area contributed by atoms with Crippen molar-refractivity contribution in [2.75, 3.05) is 7.11 Å². The van der Waals surface area contributed by atoms with E-state index < -0.39 is 5.97 Å². The number of carboxylic acids is 1. The van der Waals surface area contributed by atoms with Crippen LogP contribution in [-0.4, -0.2) is 18.2 Å². The molecule has 0 unspecified atom stereocenters. The monoisotopic (exact) mass is 239 g/mol. The zero-order valence-electron chi connectivity index (χ0n) is 8.66. The smallest absolute Gasteiger partial charge is 0.307 e. The molecule has 5 heteroatoms. The summed E-state index contributed by atoms with van der Waals surface area (Å²) < 4.78 is 5.00. The van der Waals surface area contributed by atoms with E-state index in [2.05, 4.69) is 0 Å². The summed E-state index contributed by atoms with van der Waals surface area (Å²) in [7, 11) is 1.48. The molecule has 0 fully saturated rings. The van der Waals surface area contributed by atoms with Crippen LogP contribution in [0.5, 0.6) is 5.75 Å². The number of methoxy groups -OCH3 is 1. The fourth-order valence-electron chi connectivity index (χ4n) is 1.40. The first-order valence-electron chi connectivity index (χ1n) is 4.50. The number of carbonyl (C=O) groups is 1. The molecule has 0 aliphatic rings. The van der Waals surface area contributed by atoms with Gasteiger partial charge >= 0.3 is 5.97 Å². The molecular weight excluding hydrogens is 230 g/mol. The zero-order valence-corrected chi connectivity index (χ0v) is 9.41. The average molecular weight is 240 g/mol. The first kappa shape index (κ1) is 12.3. The van der Waals surface area contributed by atoms with Gasteiger partial charge in [0.1, 0.15) is 5.75 Å². The molecule has 0 aliphatic heterocycles. The Morgan fingerprint density at radius 3 is 2.75 bits per heavy atom. The van der Waals surface area contributed by atoms with Gasteiger partial charge in [0, 0.05) is 5.88 Å². The summed E-state index contributed by atoms with van der Waals surface area (Å²) in [5, 5.41) is 17.7. The first-order valence-corrected chi connectivity index (χ1v) is 5.03. The van der Waals surface area contributed by atoms with E-state index in [9.17, 15) is 4.79 Å². The van der Waals surface area contributed by atoms with Crippen molar-refractivity contribution in [3.63, 3.8) is 0 Å². The minimum Gasteiger partial charge on any atom is -0.497 e. The predicted octanol–water partition coefficient (Wildman–Crippen LogP) is 1.93. The third-order valence-electron chi connectivity index (χ3n) is 2.14. The summed E-state index contributed by atoms with van der Waals surface area (Å²) in [4.78, 5) is 10.7. The molecule has 0 radical (unpaired) electrons. The SMILES string of the molecule is COc1cc(C#N)c(CC(=O)O)c(CCl)c1. The van der Waals surface area contributed by atoms with Crippen molar-refractivity contribution in [2.45, 2.75) is 12.3 Å². The van der Waals surface area contributed by atoms with Crippen molar-refractivity contribution in [1.82, 2.24) is 0 Å². The van der Waals surface area contributed by atoms with Crippen molar-refractivity contribution in [1.29, 1.82) is 5.26 Å². The van der Waals surface area contributed by atoms with Crippen LogP contribution in [0.15, 0.2) is 12.1 Å². The number of benzene rings is 1. The van der Waals surface area contributed by atoms with Crippen LogP contribution in [0.3, 0.4) is 0 Å². The number of halogens is 1. The highest BCUT2D eigenvalue weighted by atomic mass is 35.5. The lowest BCUT2D eigenvalue weighted by atomic mass is 9.99. The summed E-state index contributed by atoms with van der Waals surface area (Å²) >= 11 is 5.72. The molecule has 0 aromatic heterocycles. The van der Waals surface area contributed by atoms with Gasteiger partial charge in [-0.05, 0) is 23.3 Å². The molecule has 0 atom stereocenters. The highest BCUT2D eigenvalue weighted by Gasteiger charge is 2.13. The maximum atomic E-state index is 10.7. The van der Waals surface area contributed by atoms with Crippen molar-refractivity contribution < 1.29 is 14.6 Å². The number of rotatable bonds is 4. The van der Waals surface area contributed by atoms with Crippen LogP contribution in [0, 0.1) is 11.3 Å². The van der Waals surface area contributed by atoms with Gasteiger partial charge in [-0.15, -0.1) is 11.6 Å². The third kappa shape index (κ3) is 2.65. The van der Waals surface area contributed by atoms with E-state index in [1.54, 1.807) is 6.07 Å². The van der Waals surface area contributed by atoms with Gasteiger partial charge in [-0.1, -0.05) is 0 Å². The second-order valence-electron chi connectivity index (χ2n) is 3.13. The molecule has 0 saturated heterocycles. The van der Waals surface area contributed by atoms with Gasteiger partial charge in [0.05, 0.1) is 25.2 Å². The van der Waals surface area contributed by atoms with Crippen LogP contribution in [-0.2, 0) is 17.1 Å². The van der Waals surface area contributed by atoms with Crippen LogP contribution >= 0.6 is 11.6 Å². The van der Waals surface area contributed by atoms with Crippen LogP contribution in [0.25, 0.3) is 0 Å². The van der Waals surface area contributed by atoms with Gasteiger partial charge in [0.15, 0.2) is 0 Å². The van der Waals surface area contributed by atoms with Crippen molar-refractivity contribution in [3.05, 3.63) is 28.8 Å². The molecule has 1 aromatic rings. The highest BCUT2D eigenvalue weighted by Crippen LogP contribution is 2.24. The number of aliphatic carboxylic acids is 1. The van der Waals surface area contributed by atoms with E-state index in [0.29, 0.717) is 16.9 Å². The van der Waals surface area contributed by atoms with Crippen LogP contribution in [0.1, 0.15) is 16.7 Å². The van der Waals surface area contributed by atoms with Crippen molar-refractivity contribution >= 4 is 17.6 Å². The molecule has 1 aromatic carbocycles. The van der Waals surface area contributed by atoms with Gasteiger partial charge in [-0.2, -0.15) is 5.26 Å². The molecule has 84 valence electrons. The molecule has 0 saturated carbocycles. The maximum Gasteiger partial charge on any atom is 0.307 e. The highest BCUT2D eigenvalue weighted by molar-refractivity contribution is 6.17. The van der Waals surface area contributed by atoms with Crippen molar-refractivity contribution in [2.24, 2.45) is 0 Å². The number of nitrogens with zero attached hydrogens (tertiary/aromatic N) is 1. The molecule has 1 N–H and O–H groups in total. The Labute approximate surface area is 98.0 Å². The average Bonchev–Trinajstić information content (AvgIpc) is 2.28. The predicted molar refractivity (Wildman–Crippen MR) is 58.6 cm³/mol. The molecule has 0 bridgehead atoms. The van der Waals surface area contributed by atoms with Gasteiger partial charge in [0.2, 0.25) is 0 Å². The van der Waals surface area contributed by atoms with Gasteiger partial charge in [0.25, 0.3) is 0 Å². The number of hydrogen-bond donors (Lipinski definition) is 1. The van der Waals surface area contributed by atoms with E-state index in [1.807, 2.05) is 6.07 Å². The third-order valence-corrected chi connectivity index (χ3v) is 2.43. The standard InChI is InChI=1S/C11H10ClNO3/c1-16-9-2-7(5-12)10(4-11(14)15)8(3-9)6-13/h2-3H,4-5H2,1H3,(H,14,15). The maximum absolute atomic E-state index is 10.7. The molecule has 16 heavy (non-hydrogen) atoms. The topological polar surface area (TPSA) is 70.3 Å². The lowest BCUT2D eigenvalue weighted by Gasteiger charge is -2.09. The molecular formula is C11H10ClNO3. The van der Waals surface area contributed by atoms with Crippen molar-refractivity contribution in [3.8, 4) is 11.8 Å². The van der Waals surface area contributed by atoms with E-state index in [4.69, 9.17) is 26.7 Å². The molecule has 0 heterocycles. The fraction of sp³-hybridized carbons (Fsp3) is 0.273. The Hall–Kier alpha value is -1.73. The van der Waals surface area contributed by atoms with Gasteiger partial charge < -0.3 is 9.84 Å². The normalized spacial score (nSPS) is 9.56. The lowest BCUT2D eigenvalue weighted by molar-refractivity contribution is -0.136. The molecule has 0 spiro atoms. The number of ether oxygens (including phenoxy) is 1. The molecule has 0 amide bonds. The number of nitriles is 1. The van der Waals surface area contributed by atoms with E-state index >= 15 is 0 Å². The van der Waals surface area contributed by atoms with E-state index in [0.717, 1.165) is 0 Å². The van der Waals surface area contributed by atoms with Gasteiger partial charge in [-0.25, -0.2) is 0 Å². The first-order chi connectivity index (χ1) is 7.62. The summed E-state index contributed by atoms with van der Waals surface area (Å²) in [5.74, 6) is -0.344. The van der Waals surface area contributed by atoms with Gasteiger partial charge in [-0.3, -0.25) is 4.79 Å². The Morgan fingerprint density at radius 2 is 2.31 bits per heavy atom. The lowest BCUT2D eigenvalue weighted by Crippen LogP contribution is -2.06. The molecule has 4 nitrogen and oxygen atoms in total.